The van der Waals surface area contributed by atoms with E-state index in [4.69, 9.17) is 16.3 Å². The van der Waals surface area contributed by atoms with Gasteiger partial charge in [-0.3, -0.25) is 4.79 Å². The lowest BCUT2D eigenvalue weighted by atomic mass is 9.83. The van der Waals surface area contributed by atoms with Crippen LogP contribution in [0.3, 0.4) is 0 Å². The monoisotopic (exact) mass is 492 g/mol. The maximum Gasteiger partial charge on any atom is 0.338 e. The first kappa shape index (κ1) is 25.2. The normalized spacial score (nSPS) is 15.6. The molecule has 2 aromatic carbocycles. The number of ether oxygens (including phenoxy) is 1. The van der Waals surface area contributed by atoms with Gasteiger partial charge in [-0.15, -0.1) is 0 Å². The van der Waals surface area contributed by atoms with E-state index in [0.29, 0.717) is 16.3 Å². The molecule has 1 atom stereocenters. The topological polar surface area (TPSA) is 102 Å². The summed E-state index contributed by atoms with van der Waals surface area (Å²) in [4.78, 5) is 24.7. The van der Waals surface area contributed by atoms with Crippen molar-refractivity contribution in [3.63, 3.8) is 0 Å². The van der Waals surface area contributed by atoms with E-state index in [1.807, 2.05) is 0 Å². The van der Waals surface area contributed by atoms with Crippen molar-refractivity contribution >= 4 is 39.2 Å². The van der Waals surface area contributed by atoms with E-state index in [-0.39, 0.29) is 29.7 Å². The Balaban J connectivity index is 1.71. The summed E-state index contributed by atoms with van der Waals surface area (Å²) < 4.78 is 33.7. The maximum atomic E-state index is 13.0. The molecule has 178 valence electrons. The summed E-state index contributed by atoms with van der Waals surface area (Å²) >= 11 is 5.97. The zero-order valence-corrected chi connectivity index (χ0v) is 20.1. The number of rotatable bonds is 9. The number of carbonyl (C=O) groups is 2. The van der Waals surface area contributed by atoms with Crippen molar-refractivity contribution in [3.05, 3.63) is 59.1 Å². The molecule has 1 amide bonds. The molecule has 33 heavy (non-hydrogen) atoms. The molecule has 1 aliphatic rings. The molecule has 0 aromatic heterocycles. The Labute approximate surface area is 199 Å². The molecule has 0 heterocycles. The molecule has 1 fully saturated rings. The molecule has 0 bridgehead atoms. The number of amides is 1. The van der Waals surface area contributed by atoms with Crippen LogP contribution in [0.5, 0.6) is 0 Å². The van der Waals surface area contributed by atoms with Crippen LogP contribution in [0.15, 0.2) is 53.4 Å². The predicted molar refractivity (Wildman–Crippen MR) is 128 cm³/mol. The molecule has 3 rings (SSSR count). The lowest BCUT2D eigenvalue weighted by molar-refractivity contribution is -0.116. The molecule has 9 heteroatoms. The van der Waals surface area contributed by atoms with E-state index in [0.717, 1.165) is 32.1 Å². The number of halogens is 1. The highest BCUT2D eigenvalue weighted by Crippen LogP contribution is 2.29. The Morgan fingerprint density at radius 2 is 1.79 bits per heavy atom. The first-order valence-corrected chi connectivity index (χ1v) is 13.0. The van der Waals surface area contributed by atoms with Crippen LogP contribution in [0.2, 0.25) is 5.02 Å². The second-order valence-corrected chi connectivity index (χ2v) is 10.3. The number of benzene rings is 2. The molecule has 0 spiro atoms. The van der Waals surface area contributed by atoms with Crippen LogP contribution in [-0.4, -0.2) is 32.9 Å². The number of hydrogen-bond donors (Lipinski definition) is 2. The van der Waals surface area contributed by atoms with Crippen molar-refractivity contribution in [2.24, 2.45) is 5.92 Å². The predicted octanol–water partition coefficient (Wildman–Crippen LogP) is 4.77. The minimum Gasteiger partial charge on any atom is -0.462 e. The largest absolute Gasteiger partial charge is 0.462 e. The zero-order valence-electron chi connectivity index (χ0n) is 18.6. The van der Waals surface area contributed by atoms with Gasteiger partial charge in [0, 0.05) is 23.2 Å². The molecule has 7 nitrogen and oxygen atoms in total. The molecule has 0 saturated heterocycles. The smallest absolute Gasteiger partial charge is 0.338 e. The Hall–Kier alpha value is -2.42. The third-order valence-electron chi connectivity index (χ3n) is 5.72. The van der Waals surface area contributed by atoms with Gasteiger partial charge in [0.25, 0.3) is 0 Å². The van der Waals surface area contributed by atoms with Gasteiger partial charge in [-0.25, -0.2) is 17.9 Å². The van der Waals surface area contributed by atoms with Gasteiger partial charge in [0.05, 0.1) is 17.1 Å². The molecular weight excluding hydrogens is 464 g/mol. The Kier molecular flexibility index (Phi) is 8.88. The highest BCUT2D eigenvalue weighted by molar-refractivity contribution is 7.89. The van der Waals surface area contributed by atoms with E-state index < -0.39 is 22.0 Å². The highest BCUT2D eigenvalue weighted by atomic mass is 35.5. The van der Waals surface area contributed by atoms with E-state index in [9.17, 15) is 18.0 Å². The fraction of sp³-hybridized carbons (Fsp3) is 0.417. The van der Waals surface area contributed by atoms with Gasteiger partial charge in [-0.2, -0.15) is 0 Å². The Morgan fingerprint density at radius 1 is 1.09 bits per heavy atom. The van der Waals surface area contributed by atoms with Gasteiger partial charge in [0.1, 0.15) is 0 Å². The summed E-state index contributed by atoms with van der Waals surface area (Å²) in [5, 5.41) is 3.13. The van der Waals surface area contributed by atoms with E-state index in [2.05, 4.69) is 10.0 Å². The Morgan fingerprint density at radius 3 is 2.42 bits per heavy atom. The summed E-state index contributed by atoms with van der Waals surface area (Å²) in [6, 6.07) is 11.9. The second-order valence-electron chi connectivity index (χ2n) is 8.13. The van der Waals surface area contributed by atoms with Gasteiger partial charge < -0.3 is 10.1 Å². The van der Waals surface area contributed by atoms with E-state index >= 15 is 0 Å². The first-order valence-electron chi connectivity index (χ1n) is 11.1. The number of hydrogen-bond acceptors (Lipinski definition) is 5. The van der Waals surface area contributed by atoms with Crippen molar-refractivity contribution in [1.82, 2.24) is 4.72 Å². The van der Waals surface area contributed by atoms with Crippen LogP contribution in [0, 0.1) is 5.92 Å². The minimum atomic E-state index is -3.84. The highest BCUT2D eigenvalue weighted by Gasteiger charge is 2.30. The summed E-state index contributed by atoms with van der Waals surface area (Å²) in [6.07, 6.45) is 4.87. The molecule has 1 unspecified atom stereocenters. The molecule has 2 N–H and O–H groups in total. The van der Waals surface area contributed by atoms with Crippen molar-refractivity contribution in [2.75, 3.05) is 11.9 Å². The standard InChI is InChI=1S/C24H29ClN2O5S/c1-2-32-24(29)18-11-13-20(14-12-18)26-23(28)16-22(17-7-4-3-5-8-17)27-33(30,31)21-10-6-9-19(25)15-21/h6,9-15,17,22,27H,2-5,7-8,16H2,1H3,(H,26,28). The van der Waals surface area contributed by atoms with Crippen LogP contribution in [0.4, 0.5) is 5.69 Å². The summed E-state index contributed by atoms with van der Waals surface area (Å²) in [5.41, 5.74) is 0.914. The van der Waals surface area contributed by atoms with Crippen LogP contribution >= 0.6 is 11.6 Å². The number of esters is 1. The quantitative estimate of drug-likeness (QED) is 0.491. The van der Waals surface area contributed by atoms with Gasteiger partial charge in [-0.1, -0.05) is 36.9 Å². The summed E-state index contributed by atoms with van der Waals surface area (Å²) in [5.74, 6) is -0.656. The molecule has 0 radical (unpaired) electrons. The fourth-order valence-corrected chi connectivity index (χ4v) is 5.66. The van der Waals surface area contributed by atoms with Crippen LogP contribution in [0.25, 0.3) is 0 Å². The lowest BCUT2D eigenvalue weighted by Crippen LogP contribution is -2.43. The molecular formula is C24H29ClN2O5S. The molecule has 2 aromatic rings. The SMILES string of the molecule is CCOC(=O)c1ccc(NC(=O)CC(NS(=O)(=O)c2cccc(Cl)c2)C2CCCCC2)cc1. The average molecular weight is 493 g/mol. The van der Waals surface area contributed by atoms with Gasteiger partial charge in [-0.05, 0) is 68.1 Å². The Bertz CT molecular complexity index is 1070. The summed E-state index contributed by atoms with van der Waals surface area (Å²) in [6.45, 7) is 2.01. The van der Waals surface area contributed by atoms with Gasteiger partial charge in [0.2, 0.25) is 15.9 Å². The maximum absolute atomic E-state index is 13.0. The summed E-state index contributed by atoms with van der Waals surface area (Å²) in [7, 11) is -3.84. The number of anilines is 1. The number of nitrogens with one attached hydrogen (secondary N) is 2. The van der Waals surface area contributed by atoms with Crippen LogP contribution in [0.1, 0.15) is 55.8 Å². The van der Waals surface area contributed by atoms with Gasteiger partial charge in [0.15, 0.2) is 0 Å². The zero-order chi connectivity index (χ0) is 23.8. The molecule has 1 aliphatic carbocycles. The minimum absolute atomic E-state index is 0.00406. The second kappa shape index (κ2) is 11.6. The number of sulfonamides is 1. The van der Waals surface area contributed by atoms with Crippen molar-refractivity contribution < 1.29 is 22.7 Å². The van der Waals surface area contributed by atoms with E-state index in [1.165, 1.54) is 12.1 Å². The van der Waals surface area contributed by atoms with Crippen molar-refractivity contribution in [2.45, 2.75) is 56.4 Å². The van der Waals surface area contributed by atoms with Crippen LogP contribution < -0.4 is 10.0 Å². The molecule has 1 saturated carbocycles. The lowest BCUT2D eigenvalue weighted by Gasteiger charge is -2.30. The average Bonchev–Trinajstić information content (AvgIpc) is 2.80. The third kappa shape index (κ3) is 7.28. The van der Waals surface area contributed by atoms with Gasteiger partial charge >= 0.3 is 5.97 Å². The van der Waals surface area contributed by atoms with E-state index in [1.54, 1.807) is 43.3 Å². The van der Waals surface area contributed by atoms with Crippen molar-refractivity contribution in [1.29, 1.82) is 0 Å². The number of carbonyl (C=O) groups excluding carboxylic acids is 2. The molecule has 0 aliphatic heterocycles. The third-order valence-corrected chi connectivity index (χ3v) is 7.44. The van der Waals surface area contributed by atoms with Crippen molar-refractivity contribution in [3.8, 4) is 0 Å². The van der Waals surface area contributed by atoms with Crippen LogP contribution in [-0.2, 0) is 19.6 Å². The first-order chi connectivity index (χ1) is 15.8. The fourth-order valence-electron chi connectivity index (χ4n) is 4.06.